The second-order valence-electron chi connectivity index (χ2n) is 10.7. The molecule has 0 bridgehead atoms. The molecule has 1 heterocycles. The summed E-state index contributed by atoms with van der Waals surface area (Å²) >= 11 is 0. The van der Waals surface area contributed by atoms with Crippen molar-refractivity contribution in [3.63, 3.8) is 0 Å². The van der Waals surface area contributed by atoms with Crippen molar-refractivity contribution in [1.82, 2.24) is 20.4 Å². The molecule has 4 amide bonds. The largest absolute Gasteiger partial charge is 0.353 e. The van der Waals surface area contributed by atoms with Crippen LogP contribution in [0.4, 0.5) is 0 Å². The minimum atomic E-state index is -0.734. The first kappa shape index (κ1) is 29.5. The quantitative estimate of drug-likeness (QED) is 0.214. The highest BCUT2D eigenvalue weighted by atomic mass is 16.2. The van der Waals surface area contributed by atoms with Crippen LogP contribution in [0.25, 0.3) is 21.5 Å². The van der Waals surface area contributed by atoms with Crippen LogP contribution < -0.4 is 10.6 Å². The zero-order valence-corrected chi connectivity index (χ0v) is 24.1. The minimum Gasteiger partial charge on any atom is -0.353 e. The Labute approximate surface area is 251 Å². The lowest BCUT2D eigenvalue weighted by Crippen LogP contribution is -2.55. The Morgan fingerprint density at radius 2 is 1.28 bits per heavy atom. The van der Waals surface area contributed by atoms with Gasteiger partial charge < -0.3 is 20.4 Å². The zero-order chi connectivity index (χ0) is 30.2. The molecule has 4 aromatic carbocycles. The number of fused-ring (bicyclic) bond motifs is 2. The van der Waals surface area contributed by atoms with Crippen LogP contribution in [0.15, 0.2) is 97.6 Å². The number of carbonyl (C=O) groups excluding carboxylic acids is 4. The van der Waals surface area contributed by atoms with E-state index in [9.17, 15) is 19.2 Å². The zero-order valence-electron chi connectivity index (χ0n) is 24.1. The fourth-order valence-corrected chi connectivity index (χ4v) is 5.61. The summed E-state index contributed by atoms with van der Waals surface area (Å²) in [6.07, 6.45) is 2.93. The maximum atomic E-state index is 13.8. The third-order valence-electron chi connectivity index (χ3n) is 7.94. The third-order valence-corrected chi connectivity index (χ3v) is 7.94. The minimum absolute atomic E-state index is 0.0497. The van der Waals surface area contributed by atoms with Crippen molar-refractivity contribution in [2.45, 2.75) is 25.3 Å². The van der Waals surface area contributed by atoms with Gasteiger partial charge in [-0.2, -0.15) is 0 Å². The molecule has 2 N–H and O–H groups in total. The molecule has 1 atom stereocenters. The van der Waals surface area contributed by atoms with E-state index in [4.69, 9.17) is 0 Å². The Morgan fingerprint density at radius 3 is 1.93 bits per heavy atom. The molecule has 8 nitrogen and oxygen atoms in total. The van der Waals surface area contributed by atoms with E-state index in [0.717, 1.165) is 21.5 Å². The van der Waals surface area contributed by atoms with Gasteiger partial charge >= 0.3 is 0 Å². The van der Waals surface area contributed by atoms with E-state index in [1.54, 1.807) is 15.9 Å². The van der Waals surface area contributed by atoms with E-state index in [1.807, 2.05) is 78.9 Å². The summed E-state index contributed by atoms with van der Waals surface area (Å²) in [6, 6.07) is 26.0. The predicted octanol–water partition coefficient (Wildman–Crippen LogP) is 4.55. The van der Waals surface area contributed by atoms with Crippen molar-refractivity contribution in [2.24, 2.45) is 0 Å². The van der Waals surface area contributed by atoms with Crippen molar-refractivity contribution in [1.29, 1.82) is 0 Å². The molecule has 0 saturated carbocycles. The molecule has 0 radical (unpaired) electrons. The van der Waals surface area contributed by atoms with E-state index in [0.29, 0.717) is 63.1 Å². The number of rotatable bonds is 10. The number of hydrogen-bond donors (Lipinski definition) is 2. The number of unbranched alkanes of at least 4 members (excludes halogenated alkanes) is 1. The number of nitrogens with zero attached hydrogens (tertiary/aromatic N) is 2. The Hall–Kier alpha value is -4.98. The number of nitrogens with one attached hydrogen (secondary N) is 2. The summed E-state index contributed by atoms with van der Waals surface area (Å²) in [4.78, 5) is 55.7. The second-order valence-corrected chi connectivity index (χ2v) is 10.7. The van der Waals surface area contributed by atoms with Crippen LogP contribution in [0.2, 0.25) is 0 Å². The SMILES string of the molecule is C=CC(=O)NCCCC[C@H](NC(=O)c1cccc2ccccc12)C(=O)N1CCN(C(=O)c2cccc3ccccc23)CC1. The van der Waals surface area contributed by atoms with Gasteiger partial charge in [0.1, 0.15) is 6.04 Å². The van der Waals surface area contributed by atoms with Crippen molar-refractivity contribution in [3.05, 3.63) is 109 Å². The van der Waals surface area contributed by atoms with Gasteiger partial charge in [-0.15, -0.1) is 0 Å². The van der Waals surface area contributed by atoms with Crippen molar-refractivity contribution in [2.75, 3.05) is 32.7 Å². The van der Waals surface area contributed by atoms with Gasteiger partial charge in [-0.25, -0.2) is 0 Å². The van der Waals surface area contributed by atoms with E-state index in [-0.39, 0.29) is 23.6 Å². The van der Waals surface area contributed by atoms with Gasteiger partial charge in [0, 0.05) is 43.9 Å². The summed E-state index contributed by atoms with van der Waals surface area (Å²) < 4.78 is 0. The van der Waals surface area contributed by atoms with Gasteiger partial charge in [0.2, 0.25) is 11.8 Å². The maximum Gasteiger partial charge on any atom is 0.254 e. The first-order chi connectivity index (χ1) is 21.0. The fraction of sp³-hybridized carbons (Fsp3) is 0.257. The van der Waals surface area contributed by atoms with Gasteiger partial charge in [-0.3, -0.25) is 19.2 Å². The average molecular weight is 577 g/mol. The molecule has 0 aliphatic carbocycles. The molecule has 220 valence electrons. The first-order valence-electron chi connectivity index (χ1n) is 14.7. The molecular formula is C35H36N4O4. The summed E-state index contributed by atoms with van der Waals surface area (Å²) in [5, 5.41) is 9.44. The summed E-state index contributed by atoms with van der Waals surface area (Å²) in [5.74, 6) is -0.764. The molecule has 8 heteroatoms. The molecule has 43 heavy (non-hydrogen) atoms. The summed E-state index contributed by atoms with van der Waals surface area (Å²) in [5.41, 5.74) is 1.17. The Balaban J connectivity index is 1.26. The molecule has 0 spiro atoms. The van der Waals surface area contributed by atoms with Crippen LogP contribution in [0, 0.1) is 0 Å². The molecule has 0 unspecified atom stereocenters. The molecule has 1 fully saturated rings. The van der Waals surface area contributed by atoms with E-state index >= 15 is 0 Å². The normalized spacial score (nSPS) is 13.9. The number of hydrogen-bond acceptors (Lipinski definition) is 4. The topological polar surface area (TPSA) is 98.8 Å². The van der Waals surface area contributed by atoms with E-state index in [2.05, 4.69) is 17.2 Å². The lowest BCUT2D eigenvalue weighted by molar-refractivity contribution is -0.135. The lowest BCUT2D eigenvalue weighted by atomic mass is 10.0. The van der Waals surface area contributed by atoms with Crippen LogP contribution in [-0.2, 0) is 9.59 Å². The van der Waals surface area contributed by atoms with E-state index < -0.39 is 6.04 Å². The predicted molar refractivity (Wildman–Crippen MR) is 169 cm³/mol. The molecule has 0 aromatic heterocycles. The van der Waals surface area contributed by atoms with Gasteiger partial charge in [0.05, 0.1) is 0 Å². The van der Waals surface area contributed by atoms with Crippen molar-refractivity contribution >= 4 is 45.2 Å². The highest BCUT2D eigenvalue weighted by Crippen LogP contribution is 2.22. The van der Waals surface area contributed by atoms with Crippen LogP contribution in [0.1, 0.15) is 40.0 Å². The van der Waals surface area contributed by atoms with Gasteiger partial charge in [-0.05, 0) is 59.0 Å². The van der Waals surface area contributed by atoms with Gasteiger partial charge in [0.25, 0.3) is 11.8 Å². The van der Waals surface area contributed by atoms with Crippen molar-refractivity contribution < 1.29 is 19.2 Å². The highest BCUT2D eigenvalue weighted by molar-refractivity contribution is 6.08. The van der Waals surface area contributed by atoms with Crippen LogP contribution in [-0.4, -0.2) is 72.2 Å². The van der Waals surface area contributed by atoms with E-state index in [1.165, 1.54) is 6.08 Å². The standard InChI is InChI=1S/C35H36N4O4/c1-2-32(40)36-20-8-7-19-31(37-33(41)29-17-9-13-25-11-3-5-15-27(25)29)35(43)39-23-21-38(22-24-39)34(42)30-18-10-14-26-12-4-6-16-28(26)30/h2-6,9-18,31H,1,7-8,19-24H2,(H,36,40)(H,37,41)/t31-/m0/s1. The number of amides is 4. The summed E-state index contributed by atoms with van der Waals surface area (Å²) in [7, 11) is 0. The molecular weight excluding hydrogens is 540 g/mol. The lowest BCUT2D eigenvalue weighted by Gasteiger charge is -2.36. The van der Waals surface area contributed by atoms with Crippen molar-refractivity contribution in [3.8, 4) is 0 Å². The molecule has 5 rings (SSSR count). The molecule has 1 saturated heterocycles. The second kappa shape index (κ2) is 13.8. The third kappa shape index (κ3) is 6.92. The monoisotopic (exact) mass is 576 g/mol. The fourth-order valence-electron chi connectivity index (χ4n) is 5.61. The van der Waals surface area contributed by atoms with Gasteiger partial charge in [-0.1, -0.05) is 79.4 Å². The summed E-state index contributed by atoms with van der Waals surface area (Å²) in [6.45, 7) is 5.49. The average Bonchev–Trinajstić information content (AvgIpc) is 3.06. The Bertz CT molecular complexity index is 1650. The molecule has 1 aliphatic heterocycles. The van der Waals surface area contributed by atoms with Crippen LogP contribution in [0.3, 0.4) is 0 Å². The maximum absolute atomic E-state index is 13.8. The highest BCUT2D eigenvalue weighted by Gasteiger charge is 2.31. The van der Waals surface area contributed by atoms with Crippen LogP contribution in [0.5, 0.6) is 0 Å². The number of piperazine rings is 1. The van der Waals surface area contributed by atoms with Gasteiger partial charge in [0.15, 0.2) is 0 Å². The van der Waals surface area contributed by atoms with Crippen LogP contribution >= 0.6 is 0 Å². The number of benzene rings is 4. The Kier molecular flexibility index (Phi) is 9.46. The molecule has 1 aliphatic rings. The first-order valence-corrected chi connectivity index (χ1v) is 14.7. The number of carbonyl (C=O) groups is 4. The smallest absolute Gasteiger partial charge is 0.254 e. The molecule has 4 aromatic rings. The Morgan fingerprint density at radius 1 is 0.721 bits per heavy atom.